The van der Waals surface area contributed by atoms with Gasteiger partial charge in [0.15, 0.2) is 0 Å². The molecule has 0 radical (unpaired) electrons. The van der Waals surface area contributed by atoms with E-state index in [0.717, 1.165) is 22.3 Å². The van der Waals surface area contributed by atoms with Gasteiger partial charge in [-0.05, 0) is 61.2 Å². The Labute approximate surface area is 169 Å². The van der Waals surface area contributed by atoms with E-state index in [1.807, 2.05) is 38.1 Å². The Morgan fingerprint density at radius 1 is 1.03 bits per heavy atom. The van der Waals surface area contributed by atoms with Crippen molar-refractivity contribution in [3.63, 3.8) is 0 Å². The van der Waals surface area contributed by atoms with Crippen LogP contribution in [-0.4, -0.2) is 17.6 Å². The highest BCUT2D eigenvalue weighted by Crippen LogP contribution is 2.23. The van der Waals surface area contributed by atoms with Crippen molar-refractivity contribution in [1.82, 2.24) is 4.57 Å². The summed E-state index contributed by atoms with van der Waals surface area (Å²) in [5.41, 5.74) is 5.62. The lowest BCUT2D eigenvalue weighted by Gasteiger charge is -2.17. The Bertz CT molecular complexity index is 1180. The zero-order valence-electron chi connectivity index (χ0n) is 16.9. The number of aryl methyl sites for hydroxylation is 3. The summed E-state index contributed by atoms with van der Waals surface area (Å²) < 4.78 is 6.37. The van der Waals surface area contributed by atoms with E-state index in [1.165, 1.54) is 7.11 Å². The predicted octanol–water partition coefficient (Wildman–Crippen LogP) is 4.15. The maximum Gasteiger partial charge on any atom is 0.337 e. The first kappa shape index (κ1) is 20.1. The molecule has 0 fully saturated rings. The highest BCUT2D eigenvalue weighted by atomic mass is 16.5. The van der Waals surface area contributed by atoms with Gasteiger partial charge in [-0.1, -0.05) is 35.9 Å². The number of hydrogen-bond donors (Lipinski definition) is 0. The molecule has 3 rings (SSSR count). The van der Waals surface area contributed by atoms with E-state index in [9.17, 15) is 14.9 Å². The van der Waals surface area contributed by atoms with Crippen molar-refractivity contribution in [2.75, 3.05) is 7.11 Å². The molecule has 0 aliphatic heterocycles. The summed E-state index contributed by atoms with van der Waals surface area (Å²) >= 11 is 0. The molecule has 5 heteroatoms. The van der Waals surface area contributed by atoms with Crippen molar-refractivity contribution in [3.8, 4) is 17.3 Å². The van der Waals surface area contributed by atoms with Gasteiger partial charge in [-0.3, -0.25) is 4.79 Å². The van der Waals surface area contributed by atoms with Crippen molar-refractivity contribution >= 4 is 5.97 Å². The molecule has 0 saturated heterocycles. The third-order valence-corrected chi connectivity index (χ3v) is 5.04. The average molecular weight is 386 g/mol. The number of hydrogen-bond acceptors (Lipinski definition) is 4. The number of nitrogens with zero attached hydrogens (tertiary/aromatic N) is 2. The van der Waals surface area contributed by atoms with Crippen LogP contribution in [0.25, 0.3) is 11.3 Å². The first-order valence-electron chi connectivity index (χ1n) is 9.25. The van der Waals surface area contributed by atoms with Gasteiger partial charge >= 0.3 is 5.97 Å². The van der Waals surface area contributed by atoms with Crippen molar-refractivity contribution in [1.29, 1.82) is 5.26 Å². The first-order valence-corrected chi connectivity index (χ1v) is 9.25. The molecule has 0 bridgehead atoms. The number of ether oxygens (including phenoxy) is 1. The summed E-state index contributed by atoms with van der Waals surface area (Å²) in [7, 11) is 1.34. The summed E-state index contributed by atoms with van der Waals surface area (Å²) in [5.74, 6) is -0.416. The van der Waals surface area contributed by atoms with Gasteiger partial charge in [-0.15, -0.1) is 0 Å². The molecule has 29 heavy (non-hydrogen) atoms. The minimum Gasteiger partial charge on any atom is -0.465 e. The Morgan fingerprint density at radius 3 is 2.31 bits per heavy atom. The van der Waals surface area contributed by atoms with Gasteiger partial charge < -0.3 is 9.30 Å². The number of carbonyl (C=O) groups is 1. The second kappa shape index (κ2) is 8.15. The van der Waals surface area contributed by atoms with Gasteiger partial charge in [0.05, 0.1) is 24.9 Å². The van der Waals surface area contributed by atoms with Crippen LogP contribution < -0.4 is 5.56 Å². The van der Waals surface area contributed by atoms with Crippen LogP contribution in [0.5, 0.6) is 0 Å². The number of carbonyl (C=O) groups excluding carboxylic acids is 1. The predicted molar refractivity (Wildman–Crippen MR) is 112 cm³/mol. The summed E-state index contributed by atoms with van der Waals surface area (Å²) in [6.45, 7) is 6.15. The fourth-order valence-electron chi connectivity index (χ4n) is 3.39. The topological polar surface area (TPSA) is 72.1 Å². The van der Waals surface area contributed by atoms with E-state index >= 15 is 0 Å². The molecular formula is C24H22N2O3. The molecule has 1 aromatic heterocycles. The molecular weight excluding hydrogens is 364 g/mol. The lowest BCUT2D eigenvalue weighted by molar-refractivity contribution is 0.0601. The smallest absolute Gasteiger partial charge is 0.337 e. The Morgan fingerprint density at radius 2 is 1.72 bits per heavy atom. The van der Waals surface area contributed by atoms with Crippen LogP contribution in [0.3, 0.4) is 0 Å². The Balaban J connectivity index is 2.17. The Hall–Kier alpha value is -3.65. The molecule has 0 amide bonds. The van der Waals surface area contributed by atoms with E-state index in [2.05, 4.69) is 6.07 Å². The SMILES string of the molecule is COC(=O)c1ccc(-c2cc(C)c(C#N)c(=O)n2Cc2ccc(C)cc2C)cc1. The van der Waals surface area contributed by atoms with Crippen LogP contribution in [0.1, 0.15) is 38.2 Å². The van der Waals surface area contributed by atoms with Crippen LogP contribution in [0.4, 0.5) is 0 Å². The number of methoxy groups -OCH3 is 1. The third-order valence-electron chi connectivity index (χ3n) is 5.04. The zero-order valence-corrected chi connectivity index (χ0v) is 16.9. The molecule has 0 saturated carbocycles. The normalized spacial score (nSPS) is 10.4. The van der Waals surface area contributed by atoms with Crippen LogP contribution in [0.15, 0.2) is 53.3 Å². The number of aromatic nitrogens is 1. The van der Waals surface area contributed by atoms with E-state index in [1.54, 1.807) is 35.8 Å². The highest BCUT2D eigenvalue weighted by Gasteiger charge is 2.15. The monoisotopic (exact) mass is 386 g/mol. The molecule has 5 nitrogen and oxygen atoms in total. The number of pyridine rings is 1. The molecule has 0 aliphatic rings. The maximum absolute atomic E-state index is 13.1. The van der Waals surface area contributed by atoms with Crippen molar-refractivity contribution in [2.45, 2.75) is 27.3 Å². The van der Waals surface area contributed by atoms with Gasteiger partial charge in [0, 0.05) is 0 Å². The molecule has 0 unspecified atom stereocenters. The number of rotatable bonds is 4. The highest BCUT2D eigenvalue weighted by molar-refractivity contribution is 5.89. The maximum atomic E-state index is 13.1. The lowest BCUT2D eigenvalue weighted by Crippen LogP contribution is -2.26. The van der Waals surface area contributed by atoms with Gasteiger partial charge in [-0.2, -0.15) is 5.26 Å². The minimum atomic E-state index is -0.416. The Kier molecular flexibility index (Phi) is 5.65. The summed E-state index contributed by atoms with van der Waals surface area (Å²) in [5, 5.41) is 9.45. The van der Waals surface area contributed by atoms with Crippen LogP contribution in [0, 0.1) is 32.1 Å². The molecule has 0 spiro atoms. The number of benzene rings is 2. The minimum absolute atomic E-state index is 0.143. The summed E-state index contributed by atoms with van der Waals surface area (Å²) in [4.78, 5) is 24.8. The van der Waals surface area contributed by atoms with Crippen molar-refractivity contribution in [3.05, 3.63) is 92.3 Å². The standard InChI is InChI=1S/C24H22N2O3/c1-15-5-6-20(16(2)11-15)14-26-22(12-17(3)21(13-25)23(26)27)18-7-9-19(10-8-18)24(28)29-4/h5-12H,14H2,1-4H3. The van der Waals surface area contributed by atoms with Gasteiger partial charge in [0.2, 0.25) is 0 Å². The molecule has 0 aliphatic carbocycles. The van der Waals surface area contributed by atoms with Crippen LogP contribution in [-0.2, 0) is 11.3 Å². The van der Waals surface area contributed by atoms with Crippen LogP contribution >= 0.6 is 0 Å². The van der Waals surface area contributed by atoms with Gasteiger partial charge in [0.1, 0.15) is 11.6 Å². The average Bonchev–Trinajstić information content (AvgIpc) is 2.71. The van der Waals surface area contributed by atoms with E-state index in [0.29, 0.717) is 23.4 Å². The molecule has 0 atom stereocenters. The first-order chi connectivity index (χ1) is 13.8. The van der Waals surface area contributed by atoms with E-state index < -0.39 is 5.97 Å². The molecule has 2 aromatic carbocycles. The largest absolute Gasteiger partial charge is 0.465 e. The van der Waals surface area contributed by atoms with Crippen molar-refractivity contribution < 1.29 is 9.53 Å². The fraction of sp³-hybridized carbons (Fsp3) is 0.208. The van der Waals surface area contributed by atoms with E-state index in [-0.39, 0.29) is 11.1 Å². The molecule has 0 N–H and O–H groups in total. The molecule has 1 heterocycles. The number of nitriles is 1. The van der Waals surface area contributed by atoms with Crippen molar-refractivity contribution in [2.24, 2.45) is 0 Å². The quantitative estimate of drug-likeness (QED) is 0.632. The van der Waals surface area contributed by atoms with Gasteiger partial charge in [0.25, 0.3) is 5.56 Å². The third kappa shape index (κ3) is 3.97. The lowest BCUT2D eigenvalue weighted by atomic mass is 10.0. The second-order valence-electron chi connectivity index (χ2n) is 7.09. The second-order valence-corrected chi connectivity index (χ2v) is 7.09. The fourth-order valence-corrected chi connectivity index (χ4v) is 3.39. The number of esters is 1. The summed E-state index contributed by atoms with van der Waals surface area (Å²) in [6.07, 6.45) is 0. The van der Waals surface area contributed by atoms with Crippen LogP contribution in [0.2, 0.25) is 0 Å². The van der Waals surface area contributed by atoms with E-state index in [4.69, 9.17) is 4.74 Å². The summed E-state index contributed by atoms with van der Waals surface area (Å²) in [6, 6.07) is 16.9. The van der Waals surface area contributed by atoms with Gasteiger partial charge in [-0.25, -0.2) is 4.79 Å². The molecule has 3 aromatic rings. The zero-order chi connectivity index (χ0) is 21.1. The molecule has 146 valence electrons.